The Bertz CT molecular complexity index is 1210. The van der Waals surface area contributed by atoms with E-state index in [1.807, 2.05) is 24.3 Å². The summed E-state index contributed by atoms with van der Waals surface area (Å²) in [4.78, 5) is 24.5. The second-order valence-corrected chi connectivity index (χ2v) is 7.05. The molecular weight excluding hydrogens is 352 g/mol. The van der Waals surface area contributed by atoms with Gasteiger partial charge in [0.05, 0.1) is 11.5 Å². The lowest BCUT2D eigenvalue weighted by atomic mass is 10.00. The molecule has 2 aromatic heterocycles. The van der Waals surface area contributed by atoms with Crippen LogP contribution >= 0.6 is 0 Å². The number of nitrogens with one attached hydrogen (secondary N) is 2. The predicted molar refractivity (Wildman–Crippen MR) is 111 cm³/mol. The van der Waals surface area contributed by atoms with E-state index in [-0.39, 0.29) is 11.7 Å². The molecule has 1 aliphatic rings. The van der Waals surface area contributed by atoms with Crippen molar-refractivity contribution < 1.29 is 4.74 Å². The molecule has 0 radical (unpaired) electrons. The molecule has 1 unspecified atom stereocenters. The van der Waals surface area contributed by atoms with E-state index in [4.69, 9.17) is 4.74 Å². The lowest BCUT2D eigenvalue weighted by molar-refractivity contribution is 0.120. The minimum absolute atomic E-state index is 0.165. The minimum atomic E-state index is -0.198. The van der Waals surface area contributed by atoms with Crippen LogP contribution in [0.5, 0.6) is 0 Å². The normalized spacial score (nSPS) is 16.6. The highest BCUT2D eigenvalue weighted by molar-refractivity contribution is 5.95. The number of hydrogen-bond acceptors (Lipinski definition) is 5. The van der Waals surface area contributed by atoms with E-state index >= 15 is 0 Å². The van der Waals surface area contributed by atoms with Crippen LogP contribution in [0.4, 0.5) is 5.95 Å². The van der Waals surface area contributed by atoms with Gasteiger partial charge in [-0.1, -0.05) is 36.4 Å². The smallest absolute Gasteiger partial charge is 0.262 e. The van der Waals surface area contributed by atoms with Crippen LogP contribution in [0.2, 0.25) is 0 Å². The molecule has 1 saturated heterocycles. The zero-order valence-corrected chi connectivity index (χ0v) is 15.3. The average Bonchev–Trinajstić information content (AvgIpc) is 3.25. The summed E-state index contributed by atoms with van der Waals surface area (Å²) in [6.07, 6.45) is 3.96. The van der Waals surface area contributed by atoms with Gasteiger partial charge in [-0.25, -0.2) is 4.98 Å². The van der Waals surface area contributed by atoms with Crippen LogP contribution in [0.25, 0.3) is 32.9 Å². The molecule has 0 spiro atoms. The van der Waals surface area contributed by atoms with Crippen molar-refractivity contribution in [3.05, 3.63) is 65.1 Å². The molecule has 1 atom stereocenters. The van der Waals surface area contributed by atoms with Crippen molar-refractivity contribution >= 4 is 27.8 Å². The Kier molecular flexibility index (Phi) is 4.25. The molecule has 140 valence electrons. The first kappa shape index (κ1) is 16.9. The number of anilines is 1. The van der Waals surface area contributed by atoms with E-state index < -0.39 is 0 Å². The first-order valence-corrected chi connectivity index (χ1v) is 9.51. The Labute approximate surface area is 161 Å². The standard InChI is InChI=1S/C22H20N4O2/c27-21-19-18(16-8-7-14-4-1-2-5-15(14)12-16)9-10-23-20(19)25-22(26-21)24-13-17-6-3-11-28-17/h1-2,4-5,7-10,12,17H,3,6,11,13H2,(H2,23,24,25,26,27). The van der Waals surface area contributed by atoms with E-state index in [9.17, 15) is 4.79 Å². The van der Waals surface area contributed by atoms with Crippen LogP contribution in [-0.2, 0) is 4.74 Å². The lowest BCUT2D eigenvalue weighted by Gasteiger charge is -2.12. The molecule has 6 heteroatoms. The van der Waals surface area contributed by atoms with Gasteiger partial charge in [0, 0.05) is 19.3 Å². The number of rotatable bonds is 4. The Morgan fingerprint density at radius 3 is 2.89 bits per heavy atom. The van der Waals surface area contributed by atoms with E-state index in [0.29, 0.717) is 23.5 Å². The highest BCUT2D eigenvalue weighted by Gasteiger charge is 2.16. The zero-order valence-electron chi connectivity index (χ0n) is 15.3. The van der Waals surface area contributed by atoms with Gasteiger partial charge in [0.25, 0.3) is 5.56 Å². The van der Waals surface area contributed by atoms with Gasteiger partial charge in [0.1, 0.15) is 0 Å². The van der Waals surface area contributed by atoms with Crippen molar-refractivity contribution in [3.8, 4) is 11.1 Å². The van der Waals surface area contributed by atoms with Crippen molar-refractivity contribution in [1.29, 1.82) is 0 Å². The van der Waals surface area contributed by atoms with Crippen LogP contribution in [0.1, 0.15) is 12.8 Å². The number of H-pyrrole nitrogens is 1. The number of benzene rings is 2. The van der Waals surface area contributed by atoms with Gasteiger partial charge >= 0.3 is 0 Å². The first-order chi connectivity index (χ1) is 13.8. The van der Waals surface area contributed by atoms with Crippen molar-refractivity contribution in [1.82, 2.24) is 15.0 Å². The van der Waals surface area contributed by atoms with Crippen LogP contribution in [0, 0.1) is 0 Å². The second-order valence-electron chi connectivity index (χ2n) is 7.05. The molecule has 6 nitrogen and oxygen atoms in total. The van der Waals surface area contributed by atoms with Gasteiger partial charge in [0.15, 0.2) is 5.65 Å². The average molecular weight is 372 g/mol. The minimum Gasteiger partial charge on any atom is -0.376 e. The molecule has 5 rings (SSSR count). The summed E-state index contributed by atoms with van der Waals surface area (Å²) in [7, 11) is 0. The molecule has 3 heterocycles. The largest absolute Gasteiger partial charge is 0.376 e. The fourth-order valence-electron chi connectivity index (χ4n) is 3.76. The highest BCUT2D eigenvalue weighted by Crippen LogP contribution is 2.28. The maximum absolute atomic E-state index is 12.8. The number of fused-ring (bicyclic) bond motifs is 2. The van der Waals surface area contributed by atoms with Crippen LogP contribution < -0.4 is 10.9 Å². The van der Waals surface area contributed by atoms with E-state index in [1.165, 1.54) is 0 Å². The second kappa shape index (κ2) is 7.05. The lowest BCUT2D eigenvalue weighted by Crippen LogP contribution is -2.22. The van der Waals surface area contributed by atoms with Gasteiger partial charge in [-0.2, -0.15) is 4.98 Å². The molecule has 1 fully saturated rings. The number of hydrogen-bond donors (Lipinski definition) is 2. The molecule has 1 aliphatic heterocycles. The number of aromatic amines is 1. The van der Waals surface area contributed by atoms with Gasteiger partial charge in [-0.3, -0.25) is 9.78 Å². The summed E-state index contributed by atoms with van der Waals surface area (Å²) in [6.45, 7) is 1.42. The molecule has 0 aliphatic carbocycles. The molecule has 0 bridgehead atoms. The van der Waals surface area contributed by atoms with Gasteiger partial charge in [-0.05, 0) is 46.9 Å². The number of aromatic nitrogens is 3. The van der Waals surface area contributed by atoms with E-state index in [1.54, 1.807) is 6.20 Å². The molecule has 4 aromatic rings. The number of pyridine rings is 1. The Hall–Kier alpha value is -3.25. The van der Waals surface area contributed by atoms with Crippen LogP contribution in [-0.4, -0.2) is 34.2 Å². The monoisotopic (exact) mass is 372 g/mol. The summed E-state index contributed by atoms with van der Waals surface area (Å²) in [5.41, 5.74) is 2.04. The Balaban J connectivity index is 1.55. The molecule has 28 heavy (non-hydrogen) atoms. The van der Waals surface area contributed by atoms with Crippen molar-refractivity contribution in [3.63, 3.8) is 0 Å². The maximum atomic E-state index is 12.8. The fraction of sp³-hybridized carbons (Fsp3) is 0.227. The Morgan fingerprint density at radius 1 is 1.14 bits per heavy atom. The predicted octanol–water partition coefficient (Wildman–Crippen LogP) is 3.73. The maximum Gasteiger partial charge on any atom is 0.262 e. The summed E-state index contributed by atoms with van der Waals surface area (Å²) in [5, 5.41) is 5.96. The van der Waals surface area contributed by atoms with Crippen LogP contribution in [0.15, 0.2) is 59.5 Å². The SMILES string of the molecule is O=c1[nH]c(NCC2CCCO2)nc2nccc(-c3ccc4ccccc4c3)c12. The third-order valence-electron chi connectivity index (χ3n) is 5.19. The summed E-state index contributed by atoms with van der Waals surface area (Å²) in [6, 6.07) is 16.2. The van der Waals surface area contributed by atoms with Crippen molar-refractivity contribution in [2.45, 2.75) is 18.9 Å². The third kappa shape index (κ3) is 3.12. The zero-order chi connectivity index (χ0) is 18.9. The number of nitrogens with zero attached hydrogens (tertiary/aromatic N) is 2. The molecular formula is C22H20N4O2. The third-order valence-corrected chi connectivity index (χ3v) is 5.19. The van der Waals surface area contributed by atoms with Gasteiger partial charge in [-0.15, -0.1) is 0 Å². The molecule has 0 amide bonds. The quantitative estimate of drug-likeness (QED) is 0.571. The van der Waals surface area contributed by atoms with Crippen molar-refractivity contribution in [2.75, 3.05) is 18.5 Å². The number of ether oxygens (including phenoxy) is 1. The van der Waals surface area contributed by atoms with Gasteiger partial charge in [0.2, 0.25) is 5.95 Å². The molecule has 2 N–H and O–H groups in total. The van der Waals surface area contributed by atoms with Crippen LogP contribution in [0.3, 0.4) is 0 Å². The molecule has 2 aromatic carbocycles. The topological polar surface area (TPSA) is 79.9 Å². The Morgan fingerprint density at radius 2 is 2.04 bits per heavy atom. The van der Waals surface area contributed by atoms with E-state index in [0.717, 1.165) is 41.3 Å². The van der Waals surface area contributed by atoms with E-state index in [2.05, 4.69) is 44.5 Å². The molecule has 0 saturated carbocycles. The fourth-order valence-corrected chi connectivity index (χ4v) is 3.76. The summed E-state index contributed by atoms with van der Waals surface area (Å²) < 4.78 is 5.61. The summed E-state index contributed by atoms with van der Waals surface area (Å²) >= 11 is 0. The van der Waals surface area contributed by atoms with Gasteiger partial charge < -0.3 is 10.1 Å². The highest BCUT2D eigenvalue weighted by atomic mass is 16.5. The summed E-state index contributed by atoms with van der Waals surface area (Å²) in [5.74, 6) is 0.427. The van der Waals surface area contributed by atoms with Crippen molar-refractivity contribution in [2.24, 2.45) is 0 Å². The first-order valence-electron chi connectivity index (χ1n) is 9.51.